The topological polar surface area (TPSA) is 95.5 Å². The van der Waals surface area contributed by atoms with E-state index in [-0.39, 0.29) is 18.5 Å². The normalized spacial score (nSPS) is 19.5. The van der Waals surface area contributed by atoms with Gasteiger partial charge in [-0.05, 0) is 19.9 Å². The lowest BCUT2D eigenvalue weighted by molar-refractivity contribution is 0.00355. The number of morpholine rings is 1. The Morgan fingerprint density at radius 1 is 1.63 bits per heavy atom. The lowest BCUT2D eigenvalue weighted by Crippen LogP contribution is -2.45. The van der Waals surface area contributed by atoms with Crippen LogP contribution in [0.15, 0.2) is 6.07 Å². The molecule has 6 nitrogen and oxygen atoms in total. The van der Waals surface area contributed by atoms with Gasteiger partial charge in [0.15, 0.2) is 0 Å². The molecule has 1 saturated heterocycles. The molecule has 4 N–H and O–H groups in total. The Bertz CT molecular complexity index is 490. The van der Waals surface area contributed by atoms with Gasteiger partial charge in [-0.25, -0.2) is 0 Å². The second-order valence-corrected chi connectivity index (χ2v) is 4.78. The summed E-state index contributed by atoms with van der Waals surface area (Å²) in [6, 6.07) is 1.93. The van der Waals surface area contributed by atoms with Gasteiger partial charge in [-0.1, -0.05) is 0 Å². The highest BCUT2D eigenvalue weighted by Gasteiger charge is 2.23. The van der Waals surface area contributed by atoms with Gasteiger partial charge >= 0.3 is 0 Å². The molecule has 1 fully saturated rings. The summed E-state index contributed by atoms with van der Waals surface area (Å²) in [7, 11) is 0. The van der Waals surface area contributed by atoms with Crippen molar-refractivity contribution in [2.24, 2.45) is 5.73 Å². The van der Waals surface area contributed by atoms with E-state index in [0.29, 0.717) is 18.7 Å². The summed E-state index contributed by atoms with van der Waals surface area (Å²) in [4.78, 5) is 6.46. The van der Waals surface area contributed by atoms with E-state index in [1.807, 2.05) is 19.9 Å². The summed E-state index contributed by atoms with van der Waals surface area (Å²) in [5.41, 5.74) is 8.90. The summed E-state index contributed by atoms with van der Waals surface area (Å²) < 4.78 is 5.45. The Morgan fingerprint density at radius 2 is 2.37 bits per heavy atom. The molecule has 0 saturated carbocycles. The first-order valence-electron chi connectivity index (χ1n) is 6.33. The minimum atomic E-state index is -0.192. The third-order valence-electron chi connectivity index (χ3n) is 3.26. The number of hydrogen-bond acceptors (Lipinski definition) is 5. The Hall–Kier alpha value is -1.66. The predicted octanol–water partition coefficient (Wildman–Crippen LogP) is 0.180. The fraction of sp³-hybridized carbons (Fsp3) is 0.538. The summed E-state index contributed by atoms with van der Waals surface area (Å²) >= 11 is 0. The number of nitrogens with one attached hydrogen (secondary N) is 1. The van der Waals surface area contributed by atoms with Gasteiger partial charge in [-0.2, -0.15) is 0 Å². The van der Waals surface area contributed by atoms with Gasteiger partial charge in [0.05, 0.1) is 36.3 Å². The van der Waals surface area contributed by atoms with Crippen LogP contribution in [0.2, 0.25) is 0 Å². The standard InChI is InChI=1S/C13H20N4O2/c1-8-5-11(12(13(14)15)9(2)16-8)17-3-4-19-10(6-17)7-18/h5,10,18H,3-4,6-7H2,1-2H3,(H3,14,15). The second kappa shape index (κ2) is 5.54. The van der Waals surface area contributed by atoms with Crippen LogP contribution in [-0.4, -0.2) is 48.3 Å². The van der Waals surface area contributed by atoms with Crippen molar-refractivity contribution >= 4 is 11.5 Å². The van der Waals surface area contributed by atoms with E-state index in [4.69, 9.17) is 15.9 Å². The van der Waals surface area contributed by atoms with Gasteiger partial charge in [0.2, 0.25) is 0 Å². The minimum absolute atomic E-state index is 0.00501. The molecule has 1 aromatic heterocycles. The summed E-state index contributed by atoms with van der Waals surface area (Å²) in [5, 5.41) is 16.9. The number of nitrogens with two attached hydrogens (primary N) is 1. The van der Waals surface area contributed by atoms with Crippen LogP contribution in [0.3, 0.4) is 0 Å². The molecule has 0 bridgehead atoms. The number of hydrogen-bond donors (Lipinski definition) is 3. The molecule has 0 amide bonds. The SMILES string of the molecule is Cc1cc(N2CCOC(CO)C2)c(C(=N)N)c(C)n1. The molecule has 1 unspecified atom stereocenters. The van der Waals surface area contributed by atoms with Crippen molar-refractivity contribution in [1.29, 1.82) is 5.41 Å². The van der Waals surface area contributed by atoms with Crippen molar-refractivity contribution in [1.82, 2.24) is 4.98 Å². The molecular weight excluding hydrogens is 244 g/mol. The first-order chi connectivity index (χ1) is 9.02. The van der Waals surface area contributed by atoms with Crippen LogP contribution < -0.4 is 10.6 Å². The van der Waals surface area contributed by atoms with Gasteiger partial charge in [0.1, 0.15) is 5.84 Å². The fourth-order valence-electron chi connectivity index (χ4n) is 2.44. The highest BCUT2D eigenvalue weighted by atomic mass is 16.5. The van der Waals surface area contributed by atoms with Crippen LogP contribution in [0.5, 0.6) is 0 Å². The maximum Gasteiger partial charge on any atom is 0.126 e. The number of rotatable bonds is 3. The van der Waals surface area contributed by atoms with E-state index in [2.05, 4.69) is 9.88 Å². The molecule has 19 heavy (non-hydrogen) atoms. The number of pyridine rings is 1. The van der Waals surface area contributed by atoms with E-state index in [0.717, 1.165) is 23.6 Å². The molecule has 1 atom stereocenters. The van der Waals surface area contributed by atoms with Crippen LogP contribution in [0.25, 0.3) is 0 Å². The van der Waals surface area contributed by atoms with Crippen LogP contribution in [-0.2, 0) is 4.74 Å². The zero-order chi connectivity index (χ0) is 14.0. The third kappa shape index (κ3) is 2.85. The first kappa shape index (κ1) is 13.8. The maximum absolute atomic E-state index is 9.21. The monoisotopic (exact) mass is 264 g/mol. The fourth-order valence-corrected chi connectivity index (χ4v) is 2.44. The van der Waals surface area contributed by atoms with Crippen molar-refractivity contribution in [2.75, 3.05) is 31.2 Å². The molecule has 1 aromatic rings. The van der Waals surface area contributed by atoms with Crippen LogP contribution >= 0.6 is 0 Å². The van der Waals surface area contributed by atoms with Crippen LogP contribution in [0.4, 0.5) is 5.69 Å². The number of aliphatic hydroxyl groups is 1. The van der Waals surface area contributed by atoms with Gasteiger partial charge in [-0.3, -0.25) is 10.4 Å². The van der Waals surface area contributed by atoms with Crippen molar-refractivity contribution < 1.29 is 9.84 Å². The lowest BCUT2D eigenvalue weighted by Gasteiger charge is -2.35. The molecule has 6 heteroatoms. The van der Waals surface area contributed by atoms with E-state index in [9.17, 15) is 5.11 Å². The molecule has 1 aliphatic rings. The lowest BCUT2D eigenvalue weighted by atomic mass is 10.1. The number of aryl methyl sites for hydroxylation is 2. The number of nitrogen functional groups attached to an aromatic ring is 1. The third-order valence-corrected chi connectivity index (χ3v) is 3.26. The number of aromatic nitrogens is 1. The van der Waals surface area contributed by atoms with Crippen LogP contribution in [0.1, 0.15) is 17.0 Å². The number of ether oxygens (including phenoxy) is 1. The quantitative estimate of drug-likeness (QED) is 0.534. The molecule has 1 aliphatic heterocycles. The molecule has 104 valence electrons. The summed E-state index contributed by atoms with van der Waals surface area (Å²) in [6.45, 7) is 5.65. The second-order valence-electron chi connectivity index (χ2n) is 4.78. The predicted molar refractivity (Wildman–Crippen MR) is 73.8 cm³/mol. The van der Waals surface area contributed by atoms with Crippen molar-refractivity contribution in [3.8, 4) is 0 Å². The summed E-state index contributed by atoms with van der Waals surface area (Å²) in [6.07, 6.45) is -0.192. The highest BCUT2D eigenvalue weighted by Crippen LogP contribution is 2.25. The minimum Gasteiger partial charge on any atom is -0.394 e. The Morgan fingerprint density at radius 3 is 3.00 bits per heavy atom. The Balaban J connectivity index is 2.40. The molecule has 0 spiro atoms. The molecular formula is C13H20N4O2. The molecule has 0 aliphatic carbocycles. The molecule has 0 radical (unpaired) electrons. The Kier molecular flexibility index (Phi) is 4.01. The summed E-state index contributed by atoms with van der Waals surface area (Å²) in [5.74, 6) is 0.0204. The zero-order valence-electron chi connectivity index (χ0n) is 11.3. The van der Waals surface area contributed by atoms with Crippen molar-refractivity contribution in [3.63, 3.8) is 0 Å². The Labute approximate surface area is 112 Å². The highest BCUT2D eigenvalue weighted by molar-refractivity contribution is 6.01. The van der Waals surface area contributed by atoms with Gasteiger partial charge in [0.25, 0.3) is 0 Å². The van der Waals surface area contributed by atoms with Crippen LogP contribution in [0, 0.1) is 19.3 Å². The number of aliphatic hydroxyl groups excluding tert-OH is 1. The largest absolute Gasteiger partial charge is 0.394 e. The smallest absolute Gasteiger partial charge is 0.126 e. The number of amidine groups is 1. The van der Waals surface area contributed by atoms with Gasteiger partial charge < -0.3 is 20.5 Å². The van der Waals surface area contributed by atoms with E-state index < -0.39 is 0 Å². The zero-order valence-corrected chi connectivity index (χ0v) is 11.3. The molecule has 0 aromatic carbocycles. The van der Waals surface area contributed by atoms with E-state index >= 15 is 0 Å². The average molecular weight is 264 g/mol. The average Bonchev–Trinajstić information content (AvgIpc) is 2.37. The van der Waals surface area contributed by atoms with E-state index in [1.165, 1.54) is 0 Å². The number of nitrogens with zero attached hydrogens (tertiary/aromatic N) is 2. The van der Waals surface area contributed by atoms with Gasteiger partial charge in [-0.15, -0.1) is 0 Å². The van der Waals surface area contributed by atoms with Crippen molar-refractivity contribution in [3.05, 3.63) is 23.0 Å². The number of anilines is 1. The van der Waals surface area contributed by atoms with E-state index in [1.54, 1.807) is 0 Å². The first-order valence-corrected chi connectivity index (χ1v) is 6.33. The van der Waals surface area contributed by atoms with Gasteiger partial charge in [0, 0.05) is 18.8 Å². The molecule has 2 heterocycles. The van der Waals surface area contributed by atoms with Crippen molar-refractivity contribution in [2.45, 2.75) is 20.0 Å². The maximum atomic E-state index is 9.21. The molecule has 2 rings (SSSR count).